The Morgan fingerprint density at radius 3 is 2.39 bits per heavy atom. The summed E-state index contributed by atoms with van der Waals surface area (Å²) in [5.41, 5.74) is 7.89. The van der Waals surface area contributed by atoms with Crippen molar-refractivity contribution in [1.82, 2.24) is 4.90 Å². The van der Waals surface area contributed by atoms with E-state index >= 15 is 0 Å². The number of anilines is 2. The molecule has 1 saturated carbocycles. The maximum absolute atomic E-state index is 12.0. The number of nitrogen functional groups attached to an aromatic ring is 1. The van der Waals surface area contributed by atoms with Crippen LogP contribution in [0.4, 0.5) is 11.4 Å². The molecule has 0 atom stereocenters. The molecule has 2 N–H and O–H groups in total. The van der Waals surface area contributed by atoms with Crippen molar-refractivity contribution in [3.8, 4) is 0 Å². The topological polar surface area (TPSA) is 49.6 Å². The number of amides is 1. The van der Waals surface area contributed by atoms with E-state index in [1.165, 1.54) is 0 Å². The van der Waals surface area contributed by atoms with Crippen LogP contribution in [0.1, 0.15) is 12.8 Å². The van der Waals surface area contributed by atoms with Crippen molar-refractivity contribution in [1.29, 1.82) is 0 Å². The van der Waals surface area contributed by atoms with Crippen molar-refractivity contribution in [2.45, 2.75) is 12.8 Å². The van der Waals surface area contributed by atoms with E-state index in [4.69, 9.17) is 5.73 Å². The number of benzene rings is 1. The van der Waals surface area contributed by atoms with Crippen LogP contribution in [0, 0.1) is 5.92 Å². The Balaban J connectivity index is 1.63. The van der Waals surface area contributed by atoms with Crippen molar-refractivity contribution in [2.24, 2.45) is 5.92 Å². The third kappa shape index (κ3) is 2.15. The minimum atomic E-state index is 0.332. The number of nitrogens with zero attached hydrogens (tertiary/aromatic N) is 2. The van der Waals surface area contributed by atoms with Crippen LogP contribution >= 0.6 is 0 Å². The van der Waals surface area contributed by atoms with E-state index < -0.39 is 0 Å². The van der Waals surface area contributed by atoms with Gasteiger partial charge in [-0.3, -0.25) is 4.79 Å². The van der Waals surface area contributed by atoms with Gasteiger partial charge in [0.1, 0.15) is 0 Å². The maximum Gasteiger partial charge on any atom is 0.225 e. The van der Waals surface area contributed by atoms with E-state index in [2.05, 4.69) is 4.90 Å². The molecule has 18 heavy (non-hydrogen) atoms. The highest BCUT2D eigenvalue weighted by molar-refractivity contribution is 5.81. The smallest absolute Gasteiger partial charge is 0.225 e. The molecular formula is C14H19N3O. The van der Waals surface area contributed by atoms with Crippen molar-refractivity contribution in [3.05, 3.63) is 24.3 Å². The second kappa shape index (κ2) is 4.52. The zero-order valence-corrected chi connectivity index (χ0v) is 10.5. The number of carbonyl (C=O) groups is 1. The van der Waals surface area contributed by atoms with Gasteiger partial charge in [-0.25, -0.2) is 0 Å². The summed E-state index contributed by atoms with van der Waals surface area (Å²) >= 11 is 0. The van der Waals surface area contributed by atoms with Gasteiger partial charge in [0.2, 0.25) is 5.91 Å². The normalized spacial score (nSPS) is 20.0. The minimum absolute atomic E-state index is 0.332. The summed E-state index contributed by atoms with van der Waals surface area (Å²) in [7, 11) is 0. The first kappa shape index (κ1) is 11.4. The zero-order chi connectivity index (χ0) is 12.5. The molecule has 0 bridgehead atoms. The quantitative estimate of drug-likeness (QED) is 0.800. The van der Waals surface area contributed by atoms with Crippen LogP contribution in [0.3, 0.4) is 0 Å². The lowest BCUT2D eigenvalue weighted by atomic mass is 10.2. The van der Waals surface area contributed by atoms with Crippen LogP contribution in [0.15, 0.2) is 24.3 Å². The molecule has 2 aliphatic rings. The van der Waals surface area contributed by atoms with E-state index in [0.717, 1.165) is 50.4 Å². The Bertz CT molecular complexity index is 448. The van der Waals surface area contributed by atoms with Gasteiger partial charge in [-0.1, -0.05) is 12.1 Å². The molecule has 1 heterocycles. The predicted octanol–water partition coefficient (Wildman–Crippen LogP) is 1.33. The number of nitrogens with two attached hydrogens (primary N) is 1. The first-order chi connectivity index (χ1) is 8.75. The lowest BCUT2D eigenvalue weighted by Gasteiger charge is -2.36. The fraction of sp³-hybridized carbons (Fsp3) is 0.500. The number of carbonyl (C=O) groups excluding carboxylic acids is 1. The van der Waals surface area contributed by atoms with Crippen molar-refractivity contribution >= 4 is 17.3 Å². The number of rotatable bonds is 2. The van der Waals surface area contributed by atoms with Gasteiger partial charge in [0.05, 0.1) is 11.4 Å². The van der Waals surface area contributed by atoms with E-state index in [0.29, 0.717) is 11.8 Å². The Morgan fingerprint density at radius 1 is 1.11 bits per heavy atom. The molecule has 1 saturated heterocycles. The van der Waals surface area contributed by atoms with E-state index in [1.807, 2.05) is 29.2 Å². The molecule has 4 nitrogen and oxygen atoms in total. The summed E-state index contributed by atoms with van der Waals surface area (Å²) in [5, 5.41) is 0. The van der Waals surface area contributed by atoms with Gasteiger partial charge in [0, 0.05) is 32.1 Å². The highest BCUT2D eigenvalue weighted by atomic mass is 16.2. The lowest BCUT2D eigenvalue weighted by molar-refractivity contribution is -0.132. The first-order valence-corrected chi connectivity index (χ1v) is 6.64. The number of hydrogen-bond acceptors (Lipinski definition) is 3. The third-order valence-corrected chi connectivity index (χ3v) is 3.80. The van der Waals surface area contributed by atoms with Crippen LogP contribution in [0.25, 0.3) is 0 Å². The van der Waals surface area contributed by atoms with Gasteiger partial charge in [0.15, 0.2) is 0 Å². The number of piperazine rings is 1. The van der Waals surface area contributed by atoms with Gasteiger partial charge >= 0.3 is 0 Å². The standard InChI is InChI=1S/C14H19N3O/c15-12-3-1-2-4-13(12)16-7-9-17(10-8-16)14(18)11-5-6-11/h1-4,11H,5-10,15H2. The van der Waals surface area contributed by atoms with Gasteiger partial charge in [0.25, 0.3) is 0 Å². The average molecular weight is 245 g/mol. The Kier molecular flexibility index (Phi) is 2.86. The van der Waals surface area contributed by atoms with Gasteiger partial charge < -0.3 is 15.5 Å². The minimum Gasteiger partial charge on any atom is -0.397 e. The molecule has 0 radical (unpaired) electrons. The van der Waals surface area contributed by atoms with Crippen molar-refractivity contribution < 1.29 is 4.79 Å². The molecule has 2 fully saturated rings. The highest BCUT2D eigenvalue weighted by Gasteiger charge is 2.34. The number of hydrogen-bond donors (Lipinski definition) is 1. The lowest BCUT2D eigenvalue weighted by Crippen LogP contribution is -2.49. The summed E-state index contributed by atoms with van der Waals surface area (Å²) in [5.74, 6) is 0.689. The first-order valence-electron chi connectivity index (χ1n) is 6.64. The summed E-state index contributed by atoms with van der Waals surface area (Å²) in [6.45, 7) is 3.41. The maximum atomic E-state index is 12.0. The van der Waals surface area contributed by atoms with Crippen molar-refractivity contribution in [3.63, 3.8) is 0 Å². The average Bonchev–Trinajstić information content (AvgIpc) is 3.23. The fourth-order valence-electron chi connectivity index (χ4n) is 2.53. The van der Waals surface area contributed by atoms with Gasteiger partial charge in [-0.2, -0.15) is 0 Å². The highest BCUT2D eigenvalue weighted by Crippen LogP contribution is 2.32. The predicted molar refractivity (Wildman–Crippen MR) is 72.4 cm³/mol. The van der Waals surface area contributed by atoms with Crippen LogP contribution in [-0.2, 0) is 4.79 Å². The summed E-state index contributed by atoms with van der Waals surface area (Å²) in [6, 6.07) is 7.93. The summed E-state index contributed by atoms with van der Waals surface area (Å²) in [4.78, 5) is 16.2. The molecule has 1 aromatic carbocycles. The molecule has 1 aromatic rings. The van der Waals surface area contributed by atoms with Gasteiger partial charge in [-0.05, 0) is 25.0 Å². The molecule has 1 amide bonds. The SMILES string of the molecule is Nc1ccccc1N1CCN(C(=O)C2CC2)CC1. The second-order valence-electron chi connectivity index (χ2n) is 5.15. The summed E-state index contributed by atoms with van der Waals surface area (Å²) < 4.78 is 0. The molecule has 4 heteroatoms. The second-order valence-corrected chi connectivity index (χ2v) is 5.15. The molecular weight excluding hydrogens is 226 g/mol. The Morgan fingerprint density at radius 2 is 1.78 bits per heavy atom. The Hall–Kier alpha value is -1.71. The zero-order valence-electron chi connectivity index (χ0n) is 10.5. The van der Waals surface area contributed by atoms with E-state index in [9.17, 15) is 4.79 Å². The molecule has 0 spiro atoms. The van der Waals surface area contributed by atoms with Crippen LogP contribution in [0.5, 0.6) is 0 Å². The monoisotopic (exact) mass is 245 g/mol. The van der Waals surface area contributed by atoms with Crippen LogP contribution < -0.4 is 10.6 Å². The van der Waals surface area contributed by atoms with Crippen LogP contribution in [-0.4, -0.2) is 37.0 Å². The number of para-hydroxylation sites is 2. The van der Waals surface area contributed by atoms with E-state index in [1.54, 1.807) is 0 Å². The third-order valence-electron chi connectivity index (χ3n) is 3.80. The molecule has 3 rings (SSSR count). The molecule has 1 aliphatic heterocycles. The molecule has 0 unspecified atom stereocenters. The van der Waals surface area contributed by atoms with Crippen LogP contribution in [0.2, 0.25) is 0 Å². The molecule has 1 aliphatic carbocycles. The van der Waals surface area contributed by atoms with Crippen molar-refractivity contribution in [2.75, 3.05) is 36.8 Å². The van der Waals surface area contributed by atoms with Gasteiger partial charge in [-0.15, -0.1) is 0 Å². The largest absolute Gasteiger partial charge is 0.397 e. The molecule has 0 aromatic heterocycles. The Labute approximate surface area is 107 Å². The fourth-order valence-corrected chi connectivity index (χ4v) is 2.53. The van der Waals surface area contributed by atoms with E-state index in [-0.39, 0.29) is 0 Å². The molecule has 96 valence electrons. The summed E-state index contributed by atoms with van der Waals surface area (Å²) in [6.07, 6.45) is 2.18.